The van der Waals surface area contributed by atoms with E-state index in [2.05, 4.69) is 20.9 Å². The molecular weight excluding hydrogens is 438 g/mol. The van der Waals surface area contributed by atoms with E-state index in [-0.39, 0.29) is 17.6 Å². The Balaban J connectivity index is 2.19. The van der Waals surface area contributed by atoms with Gasteiger partial charge in [0, 0.05) is 23.7 Å². The molecule has 0 radical (unpaired) electrons. The number of fused-ring (bicyclic) bond motifs is 1. The molecule has 0 spiro atoms. The molecule has 29 heavy (non-hydrogen) atoms. The number of carbonyl (C=O) groups is 2. The molecule has 1 aliphatic heterocycles. The van der Waals surface area contributed by atoms with Crippen LogP contribution in [0, 0.1) is 5.92 Å². The van der Waals surface area contributed by atoms with Crippen LogP contribution in [0.15, 0.2) is 32.9 Å². The Bertz CT molecular complexity index is 903. The van der Waals surface area contributed by atoms with Crippen LogP contribution in [0.5, 0.6) is 11.5 Å². The van der Waals surface area contributed by atoms with Crippen LogP contribution in [0.3, 0.4) is 0 Å². The first-order valence-electron chi connectivity index (χ1n) is 9.91. The SMILES string of the molecule is CCOc1cc([C@H]2C(C(=O)OC(C)C)=C(C)N=C3CCCC(=O)C32)cc(Br)c1O. The highest BCUT2D eigenvalue weighted by Crippen LogP contribution is 2.46. The number of hydrogen-bond acceptors (Lipinski definition) is 6. The van der Waals surface area contributed by atoms with E-state index in [1.54, 1.807) is 32.9 Å². The third-order valence-electron chi connectivity index (χ3n) is 5.18. The molecule has 1 N–H and O–H groups in total. The third-order valence-corrected chi connectivity index (χ3v) is 5.78. The molecule has 1 fully saturated rings. The lowest BCUT2D eigenvalue weighted by Gasteiger charge is -2.36. The summed E-state index contributed by atoms with van der Waals surface area (Å²) in [6, 6.07) is 3.44. The number of carbonyl (C=O) groups excluding carboxylic acids is 2. The molecule has 0 saturated heterocycles. The van der Waals surface area contributed by atoms with Crippen molar-refractivity contribution in [2.45, 2.75) is 59.0 Å². The molecular formula is C22H26BrNO5. The molecule has 1 saturated carbocycles. The number of ketones is 1. The fourth-order valence-electron chi connectivity index (χ4n) is 4.06. The second kappa shape index (κ2) is 8.69. The van der Waals surface area contributed by atoms with Gasteiger partial charge in [0.05, 0.1) is 28.7 Å². The first-order valence-corrected chi connectivity index (χ1v) is 10.7. The molecule has 2 aliphatic rings. The highest BCUT2D eigenvalue weighted by molar-refractivity contribution is 9.10. The van der Waals surface area contributed by atoms with Crippen LogP contribution in [0.2, 0.25) is 0 Å². The van der Waals surface area contributed by atoms with Gasteiger partial charge < -0.3 is 14.6 Å². The number of rotatable bonds is 5. The minimum Gasteiger partial charge on any atom is -0.503 e. The predicted octanol–water partition coefficient (Wildman–Crippen LogP) is 4.69. The molecule has 1 aliphatic carbocycles. The molecule has 0 aromatic heterocycles. The average molecular weight is 464 g/mol. The molecule has 0 bridgehead atoms. The summed E-state index contributed by atoms with van der Waals surface area (Å²) < 4.78 is 11.5. The number of aliphatic imine (C=N–C) groups is 1. The lowest BCUT2D eigenvalue weighted by Crippen LogP contribution is -2.39. The standard InChI is InChI=1S/C22H26BrNO5/c1-5-28-17-10-13(9-14(23)21(17)26)19-18(22(27)29-11(2)3)12(4)24-15-7-6-8-16(25)20(15)19/h9-11,19-20,26H,5-8H2,1-4H3/t19-,20?/m0/s1. The Hall–Kier alpha value is -2.15. The van der Waals surface area contributed by atoms with Gasteiger partial charge in [-0.15, -0.1) is 0 Å². The Morgan fingerprint density at radius 2 is 2.03 bits per heavy atom. The van der Waals surface area contributed by atoms with Crippen molar-refractivity contribution in [1.82, 2.24) is 0 Å². The summed E-state index contributed by atoms with van der Waals surface area (Å²) in [5.41, 5.74) is 2.49. The Morgan fingerprint density at radius 3 is 2.69 bits per heavy atom. The van der Waals surface area contributed by atoms with Crippen molar-refractivity contribution in [3.63, 3.8) is 0 Å². The van der Waals surface area contributed by atoms with Gasteiger partial charge in [-0.05, 0) is 74.2 Å². The summed E-state index contributed by atoms with van der Waals surface area (Å²) in [7, 11) is 0. The van der Waals surface area contributed by atoms with Crippen molar-refractivity contribution in [2.75, 3.05) is 6.61 Å². The molecule has 1 unspecified atom stereocenters. The van der Waals surface area contributed by atoms with Crippen LogP contribution in [0.1, 0.15) is 58.4 Å². The number of aromatic hydroxyl groups is 1. The fraction of sp³-hybridized carbons (Fsp3) is 0.500. The zero-order valence-corrected chi connectivity index (χ0v) is 18.7. The van der Waals surface area contributed by atoms with Crippen molar-refractivity contribution >= 4 is 33.4 Å². The van der Waals surface area contributed by atoms with E-state index in [0.29, 0.717) is 40.1 Å². The molecule has 6 nitrogen and oxygen atoms in total. The number of nitrogens with zero attached hydrogens (tertiary/aromatic N) is 1. The molecule has 156 valence electrons. The molecule has 3 rings (SSSR count). The van der Waals surface area contributed by atoms with Gasteiger partial charge in [-0.1, -0.05) is 0 Å². The number of phenolic OH excluding ortho intramolecular Hbond substituents is 1. The Kier molecular flexibility index (Phi) is 6.46. The Labute approximate surface area is 179 Å². The summed E-state index contributed by atoms with van der Waals surface area (Å²) >= 11 is 3.37. The van der Waals surface area contributed by atoms with E-state index in [9.17, 15) is 14.7 Å². The maximum absolute atomic E-state index is 13.0. The number of allylic oxidation sites excluding steroid dienone is 1. The summed E-state index contributed by atoms with van der Waals surface area (Å²) in [6.45, 7) is 7.56. The van der Waals surface area contributed by atoms with E-state index in [4.69, 9.17) is 9.47 Å². The van der Waals surface area contributed by atoms with Crippen LogP contribution < -0.4 is 4.74 Å². The molecule has 0 amide bonds. The summed E-state index contributed by atoms with van der Waals surface area (Å²) in [4.78, 5) is 30.5. The molecule has 1 aromatic carbocycles. The minimum atomic E-state index is -0.530. The summed E-state index contributed by atoms with van der Waals surface area (Å²) in [5.74, 6) is -1.14. The lowest BCUT2D eigenvalue weighted by atomic mass is 9.69. The maximum Gasteiger partial charge on any atom is 0.336 e. The van der Waals surface area contributed by atoms with Gasteiger partial charge >= 0.3 is 5.97 Å². The summed E-state index contributed by atoms with van der Waals surface area (Å²) in [5, 5.41) is 10.3. The zero-order valence-electron chi connectivity index (χ0n) is 17.1. The van der Waals surface area contributed by atoms with Crippen molar-refractivity contribution in [3.05, 3.63) is 33.4 Å². The van der Waals surface area contributed by atoms with Gasteiger partial charge in [0.1, 0.15) is 5.78 Å². The van der Waals surface area contributed by atoms with Crippen molar-refractivity contribution in [2.24, 2.45) is 10.9 Å². The van der Waals surface area contributed by atoms with Crippen LogP contribution in [0.4, 0.5) is 0 Å². The second-order valence-corrected chi connectivity index (χ2v) is 8.47. The number of phenols is 1. The number of ether oxygens (including phenoxy) is 2. The fourth-order valence-corrected chi connectivity index (χ4v) is 4.52. The normalized spacial score (nSPS) is 21.7. The van der Waals surface area contributed by atoms with Gasteiger partial charge in [-0.2, -0.15) is 0 Å². The largest absolute Gasteiger partial charge is 0.503 e. The number of benzene rings is 1. The van der Waals surface area contributed by atoms with Crippen LogP contribution in [-0.4, -0.2) is 35.3 Å². The molecule has 2 atom stereocenters. The van der Waals surface area contributed by atoms with E-state index in [1.807, 2.05) is 6.92 Å². The topological polar surface area (TPSA) is 85.2 Å². The number of Topliss-reactive ketones (excluding diaryl/α,β-unsaturated/α-hetero) is 1. The van der Waals surface area contributed by atoms with Crippen LogP contribution >= 0.6 is 15.9 Å². The smallest absolute Gasteiger partial charge is 0.336 e. The maximum atomic E-state index is 13.0. The highest BCUT2D eigenvalue weighted by Gasteiger charge is 2.44. The van der Waals surface area contributed by atoms with E-state index < -0.39 is 17.8 Å². The quantitative estimate of drug-likeness (QED) is 0.640. The predicted molar refractivity (Wildman–Crippen MR) is 113 cm³/mol. The Morgan fingerprint density at radius 1 is 1.31 bits per heavy atom. The van der Waals surface area contributed by atoms with Crippen molar-refractivity contribution in [3.8, 4) is 11.5 Å². The number of esters is 1. The van der Waals surface area contributed by atoms with Gasteiger partial charge in [-0.25, -0.2) is 4.79 Å². The van der Waals surface area contributed by atoms with Crippen LogP contribution in [0.25, 0.3) is 0 Å². The van der Waals surface area contributed by atoms with Crippen LogP contribution in [-0.2, 0) is 14.3 Å². The van der Waals surface area contributed by atoms with E-state index >= 15 is 0 Å². The summed E-state index contributed by atoms with van der Waals surface area (Å²) in [6.07, 6.45) is 1.67. The first-order chi connectivity index (χ1) is 13.7. The van der Waals surface area contributed by atoms with Crippen molar-refractivity contribution < 1.29 is 24.2 Å². The third kappa shape index (κ3) is 4.25. The van der Waals surface area contributed by atoms with Crippen molar-refractivity contribution in [1.29, 1.82) is 0 Å². The molecule has 1 heterocycles. The average Bonchev–Trinajstić information content (AvgIpc) is 2.63. The van der Waals surface area contributed by atoms with E-state index in [0.717, 1.165) is 18.6 Å². The zero-order chi connectivity index (χ0) is 21.3. The van der Waals surface area contributed by atoms with Gasteiger partial charge in [0.2, 0.25) is 0 Å². The lowest BCUT2D eigenvalue weighted by molar-refractivity contribution is -0.143. The van der Waals surface area contributed by atoms with E-state index in [1.165, 1.54) is 0 Å². The van der Waals surface area contributed by atoms with Gasteiger partial charge in [0.25, 0.3) is 0 Å². The monoisotopic (exact) mass is 463 g/mol. The minimum absolute atomic E-state index is 0.0118. The number of halogens is 1. The highest BCUT2D eigenvalue weighted by atomic mass is 79.9. The molecule has 1 aromatic rings. The first kappa shape index (κ1) is 21.6. The van der Waals surface area contributed by atoms with Gasteiger partial charge in [0.15, 0.2) is 11.5 Å². The molecule has 7 heteroatoms. The second-order valence-electron chi connectivity index (χ2n) is 7.61. The van der Waals surface area contributed by atoms with Gasteiger partial charge in [-0.3, -0.25) is 9.79 Å². The number of hydrogen-bond donors (Lipinski definition) is 1.